The summed E-state index contributed by atoms with van der Waals surface area (Å²) in [5.74, 6) is -0.773. The average Bonchev–Trinajstić information content (AvgIpc) is 2.80. The molecule has 0 amide bonds. The minimum absolute atomic E-state index is 0.386. The van der Waals surface area contributed by atoms with Crippen LogP contribution in [0.3, 0.4) is 0 Å². The molecule has 0 saturated heterocycles. The Balaban J connectivity index is 1.98. The average molecular weight is 507 g/mol. The summed E-state index contributed by atoms with van der Waals surface area (Å²) in [5.41, 5.74) is 4.02. The highest BCUT2D eigenvalue weighted by atomic mass is 35.5. The van der Waals surface area contributed by atoms with Gasteiger partial charge in [0.15, 0.2) is 0 Å². The molecule has 2 aromatic carbocycles. The standard InChI is InChI=1S/C28H36Cl2O4/c1-5-7-17-33-25(31)27(3,29)19-21-9-13-23(14-10-21)24-15-11-22(12-16-24)20-28(4,30)26(32)34-18-8-6-2/h9-16H,5-8,17-20H2,1-4H3. The van der Waals surface area contributed by atoms with Crippen molar-refractivity contribution in [3.63, 3.8) is 0 Å². The maximum Gasteiger partial charge on any atom is 0.327 e. The van der Waals surface area contributed by atoms with Gasteiger partial charge in [-0.1, -0.05) is 75.2 Å². The van der Waals surface area contributed by atoms with Crippen molar-refractivity contribution in [2.24, 2.45) is 0 Å². The van der Waals surface area contributed by atoms with Crippen LogP contribution in [0.15, 0.2) is 48.5 Å². The summed E-state index contributed by atoms with van der Waals surface area (Å²) in [6, 6.07) is 16.0. The number of alkyl halides is 2. The topological polar surface area (TPSA) is 52.6 Å². The first-order valence-corrected chi connectivity index (χ1v) is 12.7. The second kappa shape index (κ2) is 13.2. The SMILES string of the molecule is CCCCOC(=O)C(C)(Cl)Cc1ccc(-c2ccc(CC(C)(Cl)C(=O)OCCCC)cc2)cc1. The zero-order chi connectivity index (χ0) is 25.2. The van der Waals surface area contributed by atoms with Crippen LogP contribution in [-0.2, 0) is 31.9 Å². The molecule has 2 atom stereocenters. The molecule has 34 heavy (non-hydrogen) atoms. The van der Waals surface area contributed by atoms with E-state index < -0.39 is 9.75 Å². The van der Waals surface area contributed by atoms with E-state index >= 15 is 0 Å². The van der Waals surface area contributed by atoms with Crippen molar-refractivity contribution in [1.29, 1.82) is 0 Å². The monoisotopic (exact) mass is 506 g/mol. The molecule has 0 heterocycles. The van der Waals surface area contributed by atoms with Gasteiger partial charge in [0.2, 0.25) is 0 Å². The van der Waals surface area contributed by atoms with Crippen molar-refractivity contribution < 1.29 is 19.1 Å². The molecule has 186 valence electrons. The number of esters is 2. The molecule has 2 aromatic rings. The van der Waals surface area contributed by atoms with Gasteiger partial charge in [-0.25, -0.2) is 0 Å². The summed E-state index contributed by atoms with van der Waals surface area (Å²) in [5, 5.41) is 0. The van der Waals surface area contributed by atoms with E-state index in [0.29, 0.717) is 26.1 Å². The molecule has 0 aromatic heterocycles. The van der Waals surface area contributed by atoms with Gasteiger partial charge in [-0.3, -0.25) is 9.59 Å². The Morgan fingerprint density at radius 2 is 1.00 bits per heavy atom. The van der Waals surface area contributed by atoms with E-state index in [9.17, 15) is 9.59 Å². The van der Waals surface area contributed by atoms with Crippen molar-refractivity contribution in [2.75, 3.05) is 13.2 Å². The number of hydrogen-bond donors (Lipinski definition) is 0. The van der Waals surface area contributed by atoms with Crippen LogP contribution in [0.4, 0.5) is 0 Å². The molecule has 2 rings (SSSR count). The molecule has 0 bridgehead atoms. The first kappa shape index (κ1) is 28.2. The minimum Gasteiger partial charge on any atom is -0.464 e. The largest absolute Gasteiger partial charge is 0.464 e. The molecule has 0 radical (unpaired) electrons. The first-order chi connectivity index (χ1) is 16.1. The Kier molecular flexibility index (Phi) is 10.9. The van der Waals surface area contributed by atoms with Crippen molar-refractivity contribution >= 4 is 35.1 Å². The molecule has 0 aliphatic carbocycles. The number of carbonyl (C=O) groups excluding carboxylic acids is 2. The summed E-state index contributed by atoms with van der Waals surface area (Å²) < 4.78 is 10.6. The second-order valence-corrected chi connectivity index (χ2v) is 10.8. The van der Waals surface area contributed by atoms with Gasteiger partial charge in [-0.05, 0) is 48.9 Å². The van der Waals surface area contributed by atoms with Crippen molar-refractivity contribution in [3.05, 3.63) is 59.7 Å². The lowest BCUT2D eigenvalue weighted by molar-refractivity contribution is -0.147. The predicted molar refractivity (Wildman–Crippen MR) is 140 cm³/mol. The molecule has 0 spiro atoms. The van der Waals surface area contributed by atoms with Crippen molar-refractivity contribution in [3.8, 4) is 11.1 Å². The molecule has 0 saturated carbocycles. The van der Waals surface area contributed by atoms with E-state index in [4.69, 9.17) is 32.7 Å². The predicted octanol–water partition coefficient (Wildman–Crippen LogP) is 7.12. The van der Waals surface area contributed by atoms with Crippen molar-refractivity contribution in [2.45, 2.75) is 76.0 Å². The molecule has 6 heteroatoms. The lowest BCUT2D eigenvalue weighted by Crippen LogP contribution is -2.33. The van der Waals surface area contributed by atoms with Gasteiger partial charge in [-0.15, -0.1) is 23.2 Å². The van der Waals surface area contributed by atoms with Crippen LogP contribution in [0.1, 0.15) is 64.5 Å². The van der Waals surface area contributed by atoms with Gasteiger partial charge in [0.1, 0.15) is 9.75 Å². The third-order valence-corrected chi connectivity index (χ3v) is 6.20. The van der Waals surface area contributed by atoms with Gasteiger partial charge in [-0.2, -0.15) is 0 Å². The Labute approximate surface area is 213 Å². The molecule has 0 fully saturated rings. The molecular formula is C28H36Cl2O4. The van der Waals surface area contributed by atoms with E-state index in [0.717, 1.165) is 47.9 Å². The number of hydrogen-bond acceptors (Lipinski definition) is 4. The quantitative estimate of drug-likeness (QED) is 0.165. The van der Waals surface area contributed by atoms with Crippen LogP contribution in [0, 0.1) is 0 Å². The highest BCUT2D eigenvalue weighted by Gasteiger charge is 2.33. The van der Waals surface area contributed by atoms with Gasteiger partial charge in [0.05, 0.1) is 13.2 Å². The normalized spacial score (nSPS) is 14.6. The van der Waals surface area contributed by atoms with Gasteiger partial charge < -0.3 is 9.47 Å². The van der Waals surface area contributed by atoms with Crippen LogP contribution in [0.25, 0.3) is 11.1 Å². The fourth-order valence-corrected chi connectivity index (χ4v) is 3.88. The lowest BCUT2D eigenvalue weighted by Gasteiger charge is -2.21. The Morgan fingerprint density at radius 1 is 0.676 bits per heavy atom. The third kappa shape index (κ3) is 8.63. The van der Waals surface area contributed by atoms with Crippen LogP contribution in [-0.4, -0.2) is 34.9 Å². The van der Waals surface area contributed by atoms with Crippen molar-refractivity contribution in [1.82, 2.24) is 0 Å². The third-order valence-electron chi connectivity index (χ3n) is 5.63. The van der Waals surface area contributed by atoms with E-state index in [1.165, 1.54) is 0 Å². The zero-order valence-electron chi connectivity index (χ0n) is 20.7. The fraction of sp³-hybridized carbons (Fsp3) is 0.500. The van der Waals surface area contributed by atoms with Gasteiger partial charge >= 0.3 is 11.9 Å². The molecule has 0 N–H and O–H groups in total. The smallest absolute Gasteiger partial charge is 0.327 e. The Morgan fingerprint density at radius 3 is 1.29 bits per heavy atom. The molecule has 2 unspecified atom stereocenters. The Bertz CT molecular complexity index is 841. The first-order valence-electron chi connectivity index (χ1n) is 12.0. The fourth-order valence-electron chi connectivity index (χ4n) is 3.46. The van der Waals surface area contributed by atoms with Crippen LogP contribution < -0.4 is 0 Å². The summed E-state index contributed by atoms with van der Waals surface area (Å²) in [4.78, 5) is 22.4. The van der Waals surface area contributed by atoms with Crippen LogP contribution >= 0.6 is 23.2 Å². The van der Waals surface area contributed by atoms with E-state index in [-0.39, 0.29) is 11.9 Å². The van der Waals surface area contributed by atoms with Gasteiger partial charge in [0.25, 0.3) is 0 Å². The molecule has 4 nitrogen and oxygen atoms in total. The second-order valence-electron chi connectivity index (χ2n) is 9.12. The summed E-state index contributed by atoms with van der Waals surface area (Å²) in [6.07, 6.45) is 4.37. The molecule has 0 aliphatic rings. The highest BCUT2D eigenvalue weighted by molar-refractivity contribution is 6.34. The van der Waals surface area contributed by atoms with E-state index in [2.05, 4.69) is 0 Å². The number of carbonyl (C=O) groups is 2. The summed E-state index contributed by atoms with van der Waals surface area (Å²) in [6.45, 7) is 8.27. The molecular weight excluding hydrogens is 471 g/mol. The van der Waals surface area contributed by atoms with E-state index in [1.807, 2.05) is 62.4 Å². The zero-order valence-corrected chi connectivity index (χ0v) is 22.2. The highest BCUT2D eigenvalue weighted by Crippen LogP contribution is 2.27. The number of halogens is 2. The summed E-state index contributed by atoms with van der Waals surface area (Å²) >= 11 is 12.9. The maximum absolute atomic E-state index is 12.3. The van der Waals surface area contributed by atoms with E-state index in [1.54, 1.807) is 13.8 Å². The van der Waals surface area contributed by atoms with Crippen LogP contribution in [0.5, 0.6) is 0 Å². The van der Waals surface area contributed by atoms with Crippen LogP contribution in [0.2, 0.25) is 0 Å². The minimum atomic E-state index is -1.09. The van der Waals surface area contributed by atoms with Gasteiger partial charge in [0, 0.05) is 12.8 Å². The number of rotatable bonds is 13. The Hall–Kier alpha value is -2.04. The number of unbranched alkanes of at least 4 members (excludes halogenated alkanes) is 2. The lowest BCUT2D eigenvalue weighted by atomic mass is 9.95. The maximum atomic E-state index is 12.3. The number of benzene rings is 2. The number of ether oxygens (including phenoxy) is 2. The summed E-state index contributed by atoms with van der Waals surface area (Å²) in [7, 11) is 0. The molecule has 0 aliphatic heterocycles.